The second kappa shape index (κ2) is 11.9. The standard InChI is InChI=1S/C31H38N2O3/c1-22-16-23(2)18-27(17-22)36-21-29(34)33(20-26-15-11-10-12-24(26)3)28(30(35)32-31(4,5)6)19-25-13-8-7-9-14-25/h7-18,28H,19-21H2,1-6H3,(H,32,35)/t28-/m0/s1. The maximum Gasteiger partial charge on any atom is 0.261 e. The van der Waals surface area contributed by atoms with Gasteiger partial charge in [0.1, 0.15) is 11.8 Å². The number of carbonyl (C=O) groups is 2. The molecule has 0 saturated carbocycles. The third-order valence-electron chi connectivity index (χ3n) is 5.93. The zero-order chi connectivity index (χ0) is 26.3. The van der Waals surface area contributed by atoms with Gasteiger partial charge in [0, 0.05) is 18.5 Å². The van der Waals surface area contributed by atoms with Crippen LogP contribution in [0.2, 0.25) is 0 Å². The maximum absolute atomic E-state index is 13.7. The van der Waals surface area contributed by atoms with Crippen LogP contribution in [0.1, 0.15) is 48.6 Å². The van der Waals surface area contributed by atoms with E-state index in [-0.39, 0.29) is 18.4 Å². The number of aryl methyl sites for hydroxylation is 3. The molecule has 0 aliphatic carbocycles. The van der Waals surface area contributed by atoms with Crippen LogP contribution in [0.25, 0.3) is 0 Å². The Labute approximate surface area is 215 Å². The first-order valence-electron chi connectivity index (χ1n) is 12.4. The van der Waals surface area contributed by atoms with Crippen LogP contribution >= 0.6 is 0 Å². The van der Waals surface area contributed by atoms with Gasteiger partial charge >= 0.3 is 0 Å². The predicted octanol–water partition coefficient (Wildman–Crippen LogP) is 5.55. The molecule has 36 heavy (non-hydrogen) atoms. The highest BCUT2D eigenvalue weighted by Gasteiger charge is 2.32. The van der Waals surface area contributed by atoms with Crippen molar-refractivity contribution in [2.24, 2.45) is 0 Å². The summed E-state index contributed by atoms with van der Waals surface area (Å²) in [6.45, 7) is 12.0. The molecule has 0 fully saturated rings. The van der Waals surface area contributed by atoms with Gasteiger partial charge in [0.25, 0.3) is 5.91 Å². The van der Waals surface area contributed by atoms with Crippen molar-refractivity contribution < 1.29 is 14.3 Å². The number of nitrogens with zero attached hydrogens (tertiary/aromatic N) is 1. The average molecular weight is 487 g/mol. The summed E-state index contributed by atoms with van der Waals surface area (Å²) in [6, 6.07) is 23.0. The minimum atomic E-state index is -0.693. The summed E-state index contributed by atoms with van der Waals surface area (Å²) < 4.78 is 5.94. The molecular formula is C31H38N2O3. The van der Waals surface area contributed by atoms with E-state index in [2.05, 4.69) is 11.4 Å². The Balaban J connectivity index is 1.95. The zero-order valence-corrected chi connectivity index (χ0v) is 22.3. The lowest BCUT2D eigenvalue weighted by molar-refractivity contribution is -0.143. The van der Waals surface area contributed by atoms with E-state index in [0.717, 1.165) is 27.8 Å². The second-order valence-corrected chi connectivity index (χ2v) is 10.5. The van der Waals surface area contributed by atoms with Gasteiger partial charge < -0.3 is 15.0 Å². The monoisotopic (exact) mass is 486 g/mol. The van der Waals surface area contributed by atoms with Gasteiger partial charge in [0.15, 0.2) is 6.61 Å². The van der Waals surface area contributed by atoms with Crippen molar-refractivity contribution in [1.82, 2.24) is 10.2 Å². The van der Waals surface area contributed by atoms with E-state index < -0.39 is 11.6 Å². The first-order chi connectivity index (χ1) is 17.0. The molecule has 2 amide bonds. The van der Waals surface area contributed by atoms with Crippen LogP contribution in [0, 0.1) is 20.8 Å². The zero-order valence-electron chi connectivity index (χ0n) is 22.3. The molecule has 0 aromatic heterocycles. The smallest absolute Gasteiger partial charge is 0.261 e. The van der Waals surface area contributed by atoms with Gasteiger partial charge in [-0.2, -0.15) is 0 Å². The van der Waals surface area contributed by atoms with Crippen molar-refractivity contribution in [3.8, 4) is 5.75 Å². The van der Waals surface area contributed by atoms with Crippen LogP contribution in [0.5, 0.6) is 5.75 Å². The van der Waals surface area contributed by atoms with E-state index in [1.807, 2.05) is 108 Å². The Morgan fingerprint density at radius 1 is 0.889 bits per heavy atom. The van der Waals surface area contributed by atoms with Gasteiger partial charge in [-0.1, -0.05) is 60.7 Å². The average Bonchev–Trinajstić information content (AvgIpc) is 2.80. The first kappa shape index (κ1) is 27.0. The molecular weight excluding hydrogens is 448 g/mol. The minimum absolute atomic E-state index is 0.150. The molecule has 1 N–H and O–H groups in total. The molecule has 0 aliphatic rings. The van der Waals surface area contributed by atoms with Crippen molar-refractivity contribution in [3.05, 3.63) is 101 Å². The van der Waals surface area contributed by atoms with Gasteiger partial charge in [-0.05, 0) is 81.5 Å². The summed E-state index contributed by atoms with van der Waals surface area (Å²) in [6.07, 6.45) is 0.407. The Kier molecular flexibility index (Phi) is 8.92. The fourth-order valence-corrected chi connectivity index (χ4v) is 4.22. The fraction of sp³-hybridized carbons (Fsp3) is 0.355. The molecule has 0 spiro atoms. The normalized spacial score (nSPS) is 12.1. The van der Waals surface area contributed by atoms with Crippen molar-refractivity contribution in [2.45, 2.75) is 66.1 Å². The highest BCUT2D eigenvalue weighted by atomic mass is 16.5. The molecule has 190 valence electrons. The molecule has 3 aromatic carbocycles. The Hall–Kier alpha value is -3.60. The Morgan fingerprint density at radius 3 is 2.11 bits per heavy atom. The lowest BCUT2D eigenvalue weighted by Crippen LogP contribution is -2.55. The topological polar surface area (TPSA) is 58.6 Å². The van der Waals surface area contributed by atoms with Gasteiger partial charge in [-0.25, -0.2) is 0 Å². The molecule has 0 aliphatic heterocycles. The number of amides is 2. The summed E-state index contributed by atoms with van der Waals surface area (Å²) >= 11 is 0. The molecule has 0 unspecified atom stereocenters. The van der Waals surface area contributed by atoms with E-state index in [0.29, 0.717) is 18.7 Å². The maximum atomic E-state index is 13.7. The molecule has 0 heterocycles. The number of carbonyl (C=O) groups excluding carboxylic acids is 2. The van der Waals surface area contributed by atoms with Crippen LogP contribution in [0.3, 0.4) is 0 Å². The van der Waals surface area contributed by atoms with E-state index >= 15 is 0 Å². The van der Waals surface area contributed by atoms with Crippen LogP contribution in [0.4, 0.5) is 0 Å². The van der Waals surface area contributed by atoms with Crippen molar-refractivity contribution in [2.75, 3.05) is 6.61 Å². The molecule has 0 bridgehead atoms. The number of nitrogens with one attached hydrogen (secondary N) is 1. The summed E-state index contributed by atoms with van der Waals surface area (Å²) in [4.78, 5) is 29.0. The molecule has 3 aromatic rings. The number of rotatable bonds is 9. The molecule has 3 rings (SSSR count). The number of hydrogen-bond acceptors (Lipinski definition) is 3. The van der Waals surface area contributed by atoms with Crippen LogP contribution in [0.15, 0.2) is 72.8 Å². The summed E-state index contributed by atoms with van der Waals surface area (Å²) in [5.41, 5.74) is 4.77. The van der Waals surface area contributed by atoms with Gasteiger partial charge in [0.05, 0.1) is 0 Å². The quantitative estimate of drug-likeness (QED) is 0.432. The van der Waals surface area contributed by atoms with E-state index in [1.165, 1.54) is 0 Å². The predicted molar refractivity (Wildman–Crippen MR) is 145 cm³/mol. The van der Waals surface area contributed by atoms with Crippen LogP contribution in [-0.4, -0.2) is 34.9 Å². The van der Waals surface area contributed by atoms with E-state index in [4.69, 9.17) is 4.74 Å². The summed E-state index contributed by atoms with van der Waals surface area (Å²) in [5, 5.41) is 3.09. The van der Waals surface area contributed by atoms with Crippen molar-refractivity contribution in [3.63, 3.8) is 0 Å². The third kappa shape index (κ3) is 7.98. The number of ether oxygens (including phenoxy) is 1. The van der Waals surface area contributed by atoms with Crippen molar-refractivity contribution >= 4 is 11.8 Å². The van der Waals surface area contributed by atoms with Gasteiger partial charge in [0.2, 0.25) is 5.91 Å². The first-order valence-corrected chi connectivity index (χ1v) is 12.4. The summed E-state index contributed by atoms with van der Waals surface area (Å²) in [7, 11) is 0. The Bertz CT molecular complexity index is 1160. The SMILES string of the molecule is Cc1cc(C)cc(OCC(=O)N(Cc2ccccc2C)[C@@H](Cc2ccccc2)C(=O)NC(C)(C)C)c1. The highest BCUT2D eigenvalue weighted by Crippen LogP contribution is 2.20. The molecule has 5 nitrogen and oxygen atoms in total. The minimum Gasteiger partial charge on any atom is -0.484 e. The third-order valence-corrected chi connectivity index (χ3v) is 5.93. The highest BCUT2D eigenvalue weighted by molar-refractivity contribution is 5.89. The largest absolute Gasteiger partial charge is 0.484 e. The number of benzene rings is 3. The van der Waals surface area contributed by atoms with Gasteiger partial charge in [-0.15, -0.1) is 0 Å². The summed E-state index contributed by atoms with van der Waals surface area (Å²) in [5.74, 6) is 0.234. The second-order valence-electron chi connectivity index (χ2n) is 10.5. The number of hydrogen-bond donors (Lipinski definition) is 1. The van der Waals surface area contributed by atoms with E-state index in [1.54, 1.807) is 4.90 Å². The molecule has 5 heteroatoms. The van der Waals surface area contributed by atoms with Crippen LogP contribution in [-0.2, 0) is 22.6 Å². The van der Waals surface area contributed by atoms with E-state index in [9.17, 15) is 9.59 Å². The van der Waals surface area contributed by atoms with Crippen LogP contribution < -0.4 is 10.1 Å². The lowest BCUT2D eigenvalue weighted by Gasteiger charge is -2.34. The molecule has 0 saturated heterocycles. The molecule has 0 radical (unpaired) electrons. The van der Waals surface area contributed by atoms with Gasteiger partial charge in [-0.3, -0.25) is 9.59 Å². The fourth-order valence-electron chi connectivity index (χ4n) is 4.22. The Morgan fingerprint density at radius 2 is 1.50 bits per heavy atom. The molecule has 1 atom stereocenters. The lowest BCUT2D eigenvalue weighted by atomic mass is 10.00. The van der Waals surface area contributed by atoms with Crippen molar-refractivity contribution in [1.29, 1.82) is 0 Å².